The highest BCUT2D eigenvalue weighted by Gasteiger charge is 2.12. The van der Waals surface area contributed by atoms with Crippen LogP contribution in [-0.2, 0) is 0 Å². The van der Waals surface area contributed by atoms with Gasteiger partial charge in [-0.2, -0.15) is 0 Å². The van der Waals surface area contributed by atoms with Gasteiger partial charge in [-0.25, -0.2) is 0 Å². The van der Waals surface area contributed by atoms with Crippen LogP contribution in [0.3, 0.4) is 0 Å². The van der Waals surface area contributed by atoms with Gasteiger partial charge < -0.3 is 10.2 Å². The number of benzene rings is 1. The molecule has 0 aliphatic carbocycles. The van der Waals surface area contributed by atoms with E-state index in [2.05, 4.69) is 37.9 Å². The molecule has 0 fully saturated rings. The summed E-state index contributed by atoms with van der Waals surface area (Å²) >= 11 is 5.53. The fourth-order valence-corrected chi connectivity index (χ4v) is 2.31. The molecule has 0 unspecified atom stereocenters. The lowest BCUT2D eigenvalue weighted by Gasteiger charge is -2.27. The number of non-ortho nitro benzene ring substituents is 1. The zero-order valence-corrected chi connectivity index (χ0v) is 15.2. The number of rotatable bonds is 8. The summed E-state index contributed by atoms with van der Waals surface area (Å²) in [6, 6.07) is 6.34. The van der Waals surface area contributed by atoms with Gasteiger partial charge in [-0.05, 0) is 49.0 Å². The van der Waals surface area contributed by atoms with Gasteiger partial charge in [0.2, 0.25) is 0 Å². The predicted octanol–water partition coefficient (Wildman–Crippen LogP) is 4.69. The third-order valence-corrected chi connectivity index (χ3v) is 3.93. The molecule has 0 bridgehead atoms. The molecule has 0 saturated heterocycles. The van der Waals surface area contributed by atoms with E-state index < -0.39 is 4.92 Å². The fourth-order valence-electron chi connectivity index (χ4n) is 2.01. The maximum absolute atomic E-state index is 10.7. The second kappa shape index (κ2) is 9.45. The first-order valence-electron chi connectivity index (χ1n) is 8.10. The number of hydrogen-bond acceptors (Lipinski definition) is 3. The predicted molar refractivity (Wildman–Crippen MR) is 99.8 cm³/mol. The van der Waals surface area contributed by atoms with Crippen molar-refractivity contribution in [2.75, 3.05) is 18.4 Å². The van der Waals surface area contributed by atoms with Crippen LogP contribution in [0.4, 0.5) is 11.4 Å². The number of anilines is 1. The van der Waals surface area contributed by atoms with Crippen LogP contribution >= 0.6 is 12.2 Å². The Morgan fingerprint density at radius 2 is 1.61 bits per heavy atom. The van der Waals surface area contributed by atoms with Crippen molar-refractivity contribution in [3.05, 3.63) is 34.4 Å². The molecule has 6 heteroatoms. The van der Waals surface area contributed by atoms with Crippen molar-refractivity contribution in [2.45, 2.75) is 40.5 Å². The normalized spacial score (nSPS) is 10.9. The molecular weight excluding hydrogens is 310 g/mol. The van der Waals surface area contributed by atoms with Gasteiger partial charge >= 0.3 is 0 Å². The summed E-state index contributed by atoms with van der Waals surface area (Å²) in [6.45, 7) is 10.6. The summed E-state index contributed by atoms with van der Waals surface area (Å²) in [6.07, 6.45) is 2.17. The summed E-state index contributed by atoms with van der Waals surface area (Å²) in [5, 5.41) is 14.6. The molecule has 0 heterocycles. The lowest BCUT2D eigenvalue weighted by molar-refractivity contribution is -0.384. The largest absolute Gasteiger partial charge is 0.349 e. The van der Waals surface area contributed by atoms with Crippen LogP contribution in [0.15, 0.2) is 24.3 Å². The van der Waals surface area contributed by atoms with Crippen molar-refractivity contribution < 1.29 is 4.92 Å². The smallest absolute Gasteiger partial charge is 0.269 e. The Morgan fingerprint density at radius 1 is 1.13 bits per heavy atom. The van der Waals surface area contributed by atoms with Gasteiger partial charge in [0, 0.05) is 30.9 Å². The number of nitro benzene ring substituents is 1. The van der Waals surface area contributed by atoms with E-state index in [1.165, 1.54) is 12.1 Å². The van der Waals surface area contributed by atoms with Gasteiger partial charge in [-0.3, -0.25) is 10.1 Å². The van der Waals surface area contributed by atoms with Crippen LogP contribution in [0, 0.1) is 22.0 Å². The molecule has 1 rings (SSSR count). The van der Waals surface area contributed by atoms with Gasteiger partial charge in [-0.15, -0.1) is 0 Å². The first-order valence-corrected chi connectivity index (χ1v) is 8.50. The highest BCUT2D eigenvalue weighted by molar-refractivity contribution is 7.80. The van der Waals surface area contributed by atoms with Crippen LogP contribution in [-0.4, -0.2) is 28.0 Å². The minimum absolute atomic E-state index is 0.0814. The summed E-state index contributed by atoms with van der Waals surface area (Å²) in [5.41, 5.74) is 0.859. The van der Waals surface area contributed by atoms with Crippen LogP contribution in [0.5, 0.6) is 0 Å². The van der Waals surface area contributed by atoms with E-state index in [1.54, 1.807) is 12.1 Å². The van der Waals surface area contributed by atoms with Gasteiger partial charge in [0.1, 0.15) is 0 Å². The molecule has 0 radical (unpaired) electrons. The molecule has 1 aromatic carbocycles. The van der Waals surface area contributed by atoms with Gasteiger partial charge in [-0.1, -0.05) is 27.7 Å². The molecule has 0 aliphatic rings. The Morgan fingerprint density at radius 3 is 2.00 bits per heavy atom. The van der Waals surface area contributed by atoms with Crippen LogP contribution < -0.4 is 5.32 Å². The number of nitro groups is 1. The summed E-state index contributed by atoms with van der Waals surface area (Å²) in [4.78, 5) is 12.5. The Kier molecular flexibility index (Phi) is 7.95. The van der Waals surface area contributed by atoms with E-state index in [-0.39, 0.29) is 5.69 Å². The zero-order valence-electron chi connectivity index (χ0n) is 14.4. The van der Waals surface area contributed by atoms with E-state index in [1.807, 2.05) is 0 Å². The van der Waals surface area contributed by atoms with Crippen LogP contribution in [0.2, 0.25) is 0 Å². The van der Waals surface area contributed by atoms with Crippen molar-refractivity contribution in [1.29, 1.82) is 0 Å². The van der Waals surface area contributed by atoms with Crippen LogP contribution in [0.1, 0.15) is 40.5 Å². The SMILES string of the molecule is CC(C)CCN(CCC(C)C)C(=S)Nc1ccc([N+](=O)[O-])cc1. The maximum atomic E-state index is 10.7. The number of nitrogens with zero attached hydrogens (tertiary/aromatic N) is 2. The van der Waals surface area contributed by atoms with Crippen molar-refractivity contribution >= 4 is 28.7 Å². The topological polar surface area (TPSA) is 58.4 Å². The molecular formula is C17H27N3O2S. The number of hydrogen-bond donors (Lipinski definition) is 1. The molecule has 5 nitrogen and oxygen atoms in total. The molecule has 0 spiro atoms. The summed E-state index contributed by atoms with van der Waals surface area (Å²) in [5.74, 6) is 1.25. The molecule has 0 atom stereocenters. The highest BCUT2D eigenvalue weighted by Crippen LogP contribution is 2.16. The standard InChI is InChI=1S/C17H27N3O2S/c1-13(2)9-11-19(12-10-14(3)4)17(23)18-15-5-7-16(8-6-15)20(21)22/h5-8,13-14H,9-12H2,1-4H3,(H,18,23). The molecule has 0 aliphatic heterocycles. The van der Waals surface area contributed by atoms with E-state index in [0.717, 1.165) is 31.6 Å². The van der Waals surface area contributed by atoms with E-state index in [4.69, 9.17) is 12.2 Å². The zero-order chi connectivity index (χ0) is 17.4. The molecule has 1 N–H and O–H groups in total. The van der Waals surface area contributed by atoms with Gasteiger partial charge in [0.05, 0.1) is 4.92 Å². The molecule has 128 valence electrons. The molecule has 0 aromatic heterocycles. The quantitative estimate of drug-likeness (QED) is 0.424. The Balaban J connectivity index is 2.68. The second-order valence-electron chi connectivity index (χ2n) is 6.59. The Labute approximate surface area is 144 Å². The minimum Gasteiger partial charge on any atom is -0.349 e. The Bertz CT molecular complexity index is 503. The first-order chi connectivity index (χ1) is 10.8. The summed E-state index contributed by atoms with van der Waals surface area (Å²) in [7, 11) is 0. The monoisotopic (exact) mass is 337 g/mol. The molecule has 1 aromatic rings. The lowest BCUT2D eigenvalue weighted by Crippen LogP contribution is -2.37. The summed E-state index contributed by atoms with van der Waals surface area (Å²) < 4.78 is 0. The van der Waals surface area contributed by atoms with E-state index in [0.29, 0.717) is 16.9 Å². The number of thiocarbonyl (C=S) groups is 1. The third-order valence-electron chi connectivity index (χ3n) is 3.57. The lowest BCUT2D eigenvalue weighted by atomic mass is 10.1. The minimum atomic E-state index is -0.403. The average Bonchev–Trinajstić information content (AvgIpc) is 2.47. The fraction of sp³-hybridized carbons (Fsp3) is 0.588. The third kappa shape index (κ3) is 7.41. The number of nitrogens with one attached hydrogen (secondary N) is 1. The highest BCUT2D eigenvalue weighted by atomic mass is 32.1. The second-order valence-corrected chi connectivity index (χ2v) is 6.97. The van der Waals surface area contributed by atoms with Crippen molar-refractivity contribution in [1.82, 2.24) is 4.90 Å². The Hall–Kier alpha value is -1.69. The average molecular weight is 337 g/mol. The van der Waals surface area contributed by atoms with Gasteiger partial charge in [0.25, 0.3) is 5.69 Å². The van der Waals surface area contributed by atoms with E-state index in [9.17, 15) is 10.1 Å². The van der Waals surface area contributed by atoms with Crippen LogP contribution in [0.25, 0.3) is 0 Å². The first kappa shape index (κ1) is 19.4. The maximum Gasteiger partial charge on any atom is 0.269 e. The van der Waals surface area contributed by atoms with Crippen molar-refractivity contribution in [2.24, 2.45) is 11.8 Å². The molecule has 23 heavy (non-hydrogen) atoms. The van der Waals surface area contributed by atoms with Crippen molar-refractivity contribution in [3.8, 4) is 0 Å². The van der Waals surface area contributed by atoms with Gasteiger partial charge in [0.15, 0.2) is 5.11 Å². The van der Waals surface area contributed by atoms with Crippen molar-refractivity contribution in [3.63, 3.8) is 0 Å². The molecule has 0 saturated carbocycles. The molecule has 0 amide bonds. The van der Waals surface area contributed by atoms with E-state index >= 15 is 0 Å².